The number of allylic oxidation sites excluding steroid dienone is 1. The molecule has 1 aromatic rings. The first-order chi connectivity index (χ1) is 9.79. The summed E-state index contributed by atoms with van der Waals surface area (Å²) in [6.45, 7) is 4.27. The highest BCUT2D eigenvalue weighted by Crippen LogP contribution is 2.74. The summed E-state index contributed by atoms with van der Waals surface area (Å²) in [5, 5.41) is 10.8. The van der Waals surface area contributed by atoms with E-state index in [4.69, 9.17) is 23.2 Å². The van der Waals surface area contributed by atoms with Crippen LogP contribution in [0, 0.1) is 22.7 Å². The maximum absolute atomic E-state index is 11.5. The molecule has 0 bridgehead atoms. The number of carbonyl (C=O) groups is 1. The molecule has 1 aromatic carbocycles. The molecule has 0 spiro atoms. The Morgan fingerprint density at radius 2 is 1.86 bits per heavy atom. The second-order valence-electron chi connectivity index (χ2n) is 6.81. The molecular weight excluding hydrogens is 307 g/mol. The number of halogens is 2. The Morgan fingerprint density at radius 3 is 2.33 bits per heavy atom. The van der Waals surface area contributed by atoms with Crippen LogP contribution in [0.3, 0.4) is 0 Å². The average Bonchev–Trinajstić information content (AvgIpc) is 3.28. The highest BCUT2D eigenvalue weighted by Gasteiger charge is 2.72. The molecule has 2 nitrogen and oxygen atoms in total. The zero-order valence-corrected chi connectivity index (χ0v) is 13.6. The quantitative estimate of drug-likeness (QED) is 0.840. The van der Waals surface area contributed by atoms with Gasteiger partial charge in [0.05, 0.1) is 5.41 Å². The summed E-state index contributed by atoms with van der Waals surface area (Å²) in [6, 6.07) is 7.38. The second kappa shape index (κ2) is 4.76. The molecule has 2 saturated carbocycles. The topological polar surface area (TPSA) is 37.3 Å². The van der Waals surface area contributed by atoms with Crippen molar-refractivity contribution in [2.24, 2.45) is 22.7 Å². The first kappa shape index (κ1) is 14.9. The van der Waals surface area contributed by atoms with Crippen LogP contribution in [-0.2, 0) is 4.79 Å². The number of hydrogen-bond acceptors (Lipinski definition) is 1. The molecule has 0 amide bonds. The van der Waals surface area contributed by atoms with Gasteiger partial charge in [-0.3, -0.25) is 4.79 Å². The fraction of sp³-hybridized carbons (Fsp3) is 0.471. The van der Waals surface area contributed by atoms with Crippen LogP contribution >= 0.6 is 23.2 Å². The third kappa shape index (κ3) is 2.39. The zero-order chi connectivity index (χ0) is 15.4. The third-order valence-electron chi connectivity index (χ3n) is 5.17. The molecule has 112 valence electrons. The SMILES string of the molecule is CC1(C)[C@H](C=C(Cl)c2ccc(Cl)cc2)[C@H]1C1(C(=O)O)CC1. The monoisotopic (exact) mass is 324 g/mol. The molecule has 2 aliphatic rings. The summed E-state index contributed by atoms with van der Waals surface area (Å²) < 4.78 is 0. The Balaban J connectivity index is 1.83. The van der Waals surface area contributed by atoms with Crippen LogP contribution in [-0.4, -0.2) is 11.1 Å². The number of benzene rings is 1. The van der Waals surface area contributed by atoms with Gasteiger partial charge in [-0.05, 0) is 47.8 Å². The summed E-state index contributed by atoms with van der Waals surface area (Å²) in [7, 11) is 0. The maximum Gasteiger partial charge on any atom is 0.309 e. The zero-order valence-electron chi connectivity index (χ0n) is 12.1. The smallest absolute Gasteiger partial charge is 0.309 e. The summed E-state index contributed by atoms with van der Waals surface area (Å²) in [5.41, 5.74) is 0.409. The van der Waals surface area contributed by atoms with Gasteiger partial charge in [0.15, 0.2) is 0 Å². The molecule has 2 atom stereocenters. The van der Waals surface area contributed by atoms with Crippen molar-refractivity contribution in [2.45, 2.75) is 26.7 Å². The van der Waals surface area contributed by atoms with Crippen LogP contribution in [0.2, 0.25) is 5.02 Å². The van der Waals surface area contributed by atoms with Gasteiger partial charge in [-0.25, -0.2) is 0 Å². The van der Waals surface area contributed by atoms with Gasteiger partial charge in [0, 0.05) is 10.1 Å². The second-order valence-corrected chi connectivity index (χ2v) is 7.65. The Bertz CT molecular complexity index is 612. The van der Waals surface area contributed by atoms with Crippen LogP contribution in [0.25, 0.3) is 5.03 Å². The minimum Gasteiger partial charge on any atom is -0.481 e. The molecule has 1 N–H and O–H groups in total. The van der Waals surface area contributed by atoms with E-state index in [1.165, 1.54) is 0 Å². The summed E-state index contributed by atoms with van der Waals surface area (Å²) in [6.07, 6.45) is 3.61. The molecule has 2 fully saturated rings. The summed E-state index contributed by atoms with van der Waals surface area (Å²) in [4.78, 5) is 11.5. The van der Waals surface area contributed by atoms with Gasteiger partial charge in [0.2, 0.25) is 0 Å². The van der Waals surface area contributed by atoms with Crippen LogP contribution < -0.4 is 0 Å². The van der Waals surface area contributed by atoms with Gasteiger partial charge < -0.3 is 5.11 Å². The minimum atomic E-state index is -0.654. The molecular formula is C17H18Cl2O2. The van der Waals surface area contributed by atoms with Gasteiger partial charge in [-0.1, -0.05) is 55.3 Å². The lowest BCUT2D eigenvalue weighted by atomic mass is 9.94. The lowest BCUT2D eigenvalue weighted by Crippen LogP contribution is -2.19. The minimum absolute atomic E-state index is 0.00144. The van der Waals surface area contributed by atoms with E-state index in [0.717, 1.165) is 18.4 Å². The van der Waals surface area contributed by atoms with Crippen molar-refractivity contribution in [3.05, 3.63) is 40.9 Å². The van der Waals surface area contributed by atoms with Gasteiger partial charge >= 0.3 is 5.97 Å². The lowest BCUT2D eigenvalue weighted by Gasteiger charge is -2.10. The Morgan fingerprint density at radius 1 is 1.29 bits per heavy atom. The van der Waals surface area contributed by atoms with E-state index in [-0.39, 0.29) is 17.3 Å². The summed E-state index contributed by atoms with van der Waals surface area (Å²) >= 11 is 12.3. The maximum atomic E-state index is 11.5. The Hall–Kier alpha value is -0.990. The van der Waals surface area contributed by atoms with Crippen molar-refractivity contribution in [3.63, 3.8) is 0 Å². The molecule has 0 radical (unpaired) electrons. The van der Waals surface area contributed by atoms with E-state index >= 15 is 0 Å². The van der Waals surface area contributed by atoms with Crippen molar-refractivity contribution in [2.75, 3.05) is 0 Å². The van der Waals surface area contributed by atoms with Crippen molar-refractivity contribution >= 4 is 34.2 Å². The van der Waals surface area contributed by atoms with Crippen molar-refractivity contribution in [1.82, 2.24) is 0 Å². The van der Waals surface area contributed by atoms with Gasteiger partial charge in [0.1, 0.15) is 0 Å². The number of rotatable bonds is 4. The van der Waals surface area contributed by atoms with Crippen LogP contribution in [0.15, 0.2) is 30.3 Å². The number of hydrogen-bond donors (Lipinski definition) is 1. The Kier molecular flexibility index (Phi) is 3.38. The highest BCUT2D eigenvalue weighted by atomic mass is 35.5. The molecule has 0 aliphatic heterocycles. The van der Waals surface area contributed by atoms with E-state index < -0.39 is 11.4 Å². The molecule has 0 unspecified atom stereocenters. The number of carboxylic acids is 1. The first-order valence-corrected chi connectivity index (χ1v) is 7.91. The predicted octanol–water partition coefficient (Wildman–Crippen LogP) is 5.06. The first-order valence-electron chi connectivity index (χ1n) is 7.16. The average molecular weight is 325 g/mol. The molecule has 2 aliphatic carbocycles. The molecule has 0 saturated heterocycles. The van der Waals surface area contributed by atoms with Gasteiger partial charge in [0.25, 0.3) is 0 Å². The molecule has 0 aromatic heterocycles. The molecule has 4 heteroatoms. The predicted molar refractivity (Wildman–Crippen MR) is 85.3 cm³/mol. The molecule has 21 heavy (non-hydrogen) atoms. The van der Waals surface area contributed by atoms with Crippen LogP contribution in [0.1, 0.15) is 32.3 Å². The molecule has 0 heterocycles. The largest absolute Gasteiger partial charge is 0.481 e. The number of carboxylic acid groups (broad SMARTS) is 1. The standard InChI is InChI=1S/C17H18Cl2O2/c1-16(2)12(14(16)17(7-8-17)15(20)21)9-13(19)10-3-5-11(18)6-4-10/h3-6,9,12,14H,7-8H2,1-2H3,(H,20,21)/t12-,14-/m1/s1. The van der Waals surface area contributed by atoms with Crippen molar-refractivity contribution in [3.8, 4) is 0 Å². The lowest BCUT2D eigenvalue weighted by molar-refractivity contribution is -0.144. The van der Waals surface area contributed by atoms with E-state index in [1.807, 2.05) is 30.3 Å². The van der Waals surface area contributed by atoms with Crippen molar-refractivity contribution < 1.29 is 9.90 Å². The number of aliphatic carboxylic acids is 1. The molecule has 3 rings (SSSR count). The summed E-state index contributed by atoms with van der Waals surface area (Å²) in [5.74, 6) is -0.248. The Labute approximate surface area is 134 Å². The van der Waals surface area contributed by atoms with E-state index in [9.17, 15) is 9.90 Å². The van der Waals surface area contributed by atoms with Crippen LogP contribution in [0.4, 0.5) is 0 Å². The fourth-order valence-electron chi connectivity index (χ4n) is 3.70. The van der Waals surface area contributed by atoms with E-state index in [2.05, 4.69) is 13.8 Å². The van der Waals surface area contributed by atoms with Gasteiger partial charge in [-0.15, -0.1) is 0 Å². The highest BCUT2D eigenvalue weighted by molar-refractivity contribution is 6.48. The van der Waals surface area contributed by atoms with E-state index in [0.29, 0.717) is 10.1 Å². The van der Waals surface area contributed by atoms with E-state index in [1.54, 1.807) is 0 Å². The van der Waals surface area contributed by atoms with Crippen molar-refractivity contribution in [1.29, 1.82) is 0 Å². The fourth-order valence-corrected chi connectivity index (χ4v) is 4.09. The third-order valence-corrected chi connectivity index (χ3v) is 5.76. The van der Waals surface area contributed by atoms with Gasteiger partial charge in [-0.2, -0.15) is 0 Å². The normalized spacial score (nSPS) is 29.0. The van der Waals surface area contributed by atoms with Crippen LogP contribution in [0.5, 0.6) is 0 Å².